The van der Waals surface area contributed by atoms with E-state index in [-0.39, 0.29) is 31.1 Å². The van der Waals surface area contributed by atoms with Crippen LogP contribution in [0.3, 0.4) is 0 Å². The Morgan fingerprint density at radius 1 is 0.762 bits per heavy atom. The largest absolute Gasteiger partial charge is 0.416 e. The Balaban J connectivity index is 1.65. The van der Waals surface area contributed by atoms with Crippen molar-refractivity contribution < 1.29 is 39.5 Å². The van der Waals surface area contributed by atoms with Crippen molar-refractivity contribution in [3.8, 4) is 35.6 Å². The molecule has 0 spiro atoms. The second-order valence-electron chi connectivity index (χ2n) is 8.74. The van der Waals surface area contributed by atoms with Gasteiger partial charge < -0.3 is 4.74 Å². The van der Waals surface area contributed by atoms with Crippen molar-refractivity contribution in [2.45, 2.75) is 37.2 Å². The molecule has 0 amide bonds. The van der Waals surface area contributed by atoms with Gasteiger partial charge in [0.25, 0.3) is 10.0 Å². The minimum Gasteiger partial charge on any atom is -0.364 e. The number of benzene rings is 3. The first-order valence-corrected chi connectivity index (χ1v) is 13.7. The molecule has 0 bridgehead atoms. The highest BCUT2D eigenvalue weighted by Crippen LogP contribution is 2.30. The molecule has 0 saturated carbocycles. The Labute approximate surface area is 240 Å². The van der Waals surface area contributed by atoms with Gasteiger partial charge in [0.05, 0.1) is 29.2 Å². The smallest absolute Gasteiger partial charge is 0.364 e. The summed E-state index contributed by atoms with van der Waals surface area (Å²) in [7, 11) is -4.03. The van der Waals surface area contributed by atoms with Gasteiger partial charge in [-0.1, -0.05) is 47.6 Å². The predicted octanol–water partition coefficient (Wildman–Crippen LogP) is 6.65. The summed E-state index contributed by atoms with van der Waals surface area (Å²) in [6.07, 6.45) is -8.84. The molecule has 0 aliphatic carbocycles. The van der Waals surface area contributed by atoms with Gasteiger partial charge in [0.1, 0.15) is 6.61 Å². The summed E-state index contributed by atoms with van der Waals surface area (Å²) in [4.78, 5) is 0.0168. The van der Waals surface area contributed by atoms with Gasteiger partial charge in [-0.15, -0.1) is 0 Å². The van der Waals surface area contributed by atoms with Crippen LogP contribution in [0.1, 0.15) is 34.2 Å². The van der Waals surface area contributed by atoms with Gasteiger partial charge in [-0.3, -0.25) is 0 Å². The van der Waals surface area contributed by atoms with Gasteiger partial charge in [0, 0.05) is 18.0 Å². The lowest BCUT2D eigenvalue weighted by molar-refractivity contribution is -0.138. The minimum atomic E-state index is -4.45. The van der Waals surface area contributed by atoms with E-state index in [0.29, 0.717) is 11.1 Å². The molecule has 3 rings (SSSR count). The SMILES string of the molecule is Cc1ccc(S(=O)(=O)N(C#CCOCc2ccc(C(F)(F)F)cc2)CCC#CC#Cc2ccc(C(F)(F)F)cc2)cc1. The first-order chi connectivity index (χ1) is 19.8. The maximum atomic E-state index is 13.2. The van der Waals surface area contributed by atoms with Crippen molar-refractivity contribution in [1.29, 1.82) is 0 Å². The number of hydrogen-bond acceptors (Lipinski definition) is 3. The van der Waals surface area contributed by atoms with Crippen molar-refractivity contribution >= 4 is 10.0 Å². The molecule has 0 aliphatic rings. The molecule has 0 unspecified atom stereocenters. The van der Waals surface area contributed by atoms with E-state index in [1.54, 1.807) is 12.1 Å². The van der Waals surface area contributed by atoms with E-state index in [9.17, 15) is 34.8 Å². The lowest BCUT2D eigenvalue weighted by Gasteiger charge is -2.17. The zero-order valence-electron chi connectivity index (χ0n) is 22.1. The second kappa shape index (κ2) is 14.0. The van der Waals surface area contributed by atoms with Crippen LogP contribution in [-0.4, -0.2) is 25.9 Å². The molecule has 0 aliphatic heterocycles. The first-order valence-electron chi connectivity index (χ1n) is 12.2. The Morgan fingerprint density at radius 2 is 1.33 bits per heavy atom. The van der Waals surface area contributed by atoms with Crippen LogP contribution in [0.2, 0.25) is 0 Å². The number of ether oxygens (including phenoxy) is 1. The summed E-state index contributed by atoms with van der Waals surface area (Å²) in [6.45, 7) is 1.48. The monoisotopic (exact) mass is 603 g/mol. The Hall–Kier alpha value is -4.37. The molecule has 0 heterocycles. The second-order valence-corrected chi connectivity index (χ2v) is 10.6. The van der Waals surface area contributed by atoms with E-state index in [1.807, 2.05) is 6.92 Å². The molecule has 3 aromatic carbocycles. The van der Waals surface area contributed by atoms with E-state index in [4.69, 9.17) is 4.74 Å². The molecule has 0 atom stereocenters. The number of rotatable bonds is 7. The Bertz CT molecular complexity index is 1640. The summed E-state index contributed by atoms with van der Waals surface area (Å²) in [5, 5.41) is 0. The van der Waals surface area contributed by atoms with Crippen molar-refractivity contribution in [2.75, 3.05) is 13.2 Å². The van der Waals surface area contributed by atoms with E-state index >= 15 is 0 Å². The molecule has 11 heteroatoms. The summed E-state index contributed by atoms with van der Waals surface area (Å²) >= 11 is 0. The van der Waals surface area contributed by atoms with Crippen LogP contribution in [0.25, 0.3) is 0 Å². The van der Waals surface area contributed by atoms with Crippen molar-refractivity contribution in [2.24, 2.45) is 0 Å². The fourth-order valence-corrected chi connectivity index (χ4v) is 4.56. The van der Waals surface area contributed by atoms with Crippen LogP contribution in [-0.2, 0) is 33.7 Å². The molecule has 42 heavy (non-hydrogen) atoms. The number of hydrogen-bond donors (Lipinski definition) is 0. The van der Waals surface area contributed by atoms with Gasteiger partial charge in [0.15, 0.2) is 0 Å². The standard InChI is InChI=1S/C31H23F6NO3S/c1-24-8-18-29(19-9-24)42(39,40)38(21-6-22-41-23-26-12-16-28(17-13-26)31(35,36)37)20-5-3-2-4-7-25-10-14-27(15-11-25)30(32,33)34/h8-19H,5,20,22-23H2,1H3. The molecule has 0 radical (unpaired) electrons. The highest BCUT2D eigenvalue weighted by atomic mass is 32.2. The molecular formula is C31H23F6NO3S. The zero-order valence-corrected chi connectivity index (χ0v) is 22.9. The third-order valence-corrected chi connectivity index (χ3v) is 7.27. The van der Waals surface area contributed by atoms with Gasteiger partial charge >= 0.3 is 12.4 Å². The lowest BCUT2D eigenvalue weighted by atomic mass is 10.1. The summed E-state index contributed by atoms with van der Waals surface area (Å²) in [5.74, 6) is 13.0. The Morgan fingerprint density at radius 3 is 1.90 bits per heavy atom. The number of halogens is 6. The van der Waals surface area contributed by atoms with Crippen LogP contribution in [0.5, 0.6) is 0 Å². The molecule has 3 aromatic rings. The molecule has 218 valence electrons. The predicted molar refractivity (Wildman–Crippen MR) is 145 cm³/mol. The highest BCUT2D eigenvalue weighted by molar-refractivity contribution is 7.89. The van der Waals surface area contributed by atoms with Crippen LogP contribution >= 0.6 is 0 Å². The third-order valence-electron chi connectivity index (χ3n) is 5.55. The van der Waals surface area contributed by atoms with Crippen LogP contribution in [0.4, 0.5) is 26.3 Å². The first kappa shape index (κ1) is 32.1. The maximum absolute atomic E-state index is 13.2. The fraction of sp³-hybridized carbons (Fsp3) is 0.226. The van der Waals surface area contributed by atoms with E-state index < -0.39 is 33.5 Å². The average molecular weight is 604 g/mol. The van der Waals surface area contributed by atoms with Gasteiger partial charge in [-0.25, -0.2) is 12.7 Å². The van der Waals surface area contributed by atoms with E-state index in [1.165, 1.54) is 36.4 Å². The number of nitrogens with zero attached hydrogens (tertiary/aromatic N) is 1. The average Bonchev–Trinajstić information content (AvgIpc) is 2.93. The lowest BCUT2D eigenvalue weighted by Crippen LogP contribution is -2.27. The van der Waals surface area contributed by atoms with E-state index in [0.717, 1.165) is 34.1 Å². The van der Waals surface area contributed by atoms with E-state index in [2.05, 4.69) is 35.6 Å². The van der Waals surface area contributed by atoms with Gasteiger partial charge in [-0.05, 0) is 72.9 Å². The molecule has 4 nitrogen and oxygen atoms in total. The van der Waals surface area contributed by atoms with Crippen LogP contribution < -0.4 is 0 Å². The minimum absolute atomic E-state index is 0.0168. The van der Waals surface area contributed by atoms with Crippen LogP contribution in [0, 0.1) is 42.6 Å². The quantitative estimate of drug-likeness (QED) is 0.132. The molecule has 0 fully saturated rings. The highest BCUT2D eigenvalue weighted by Gasteiger charge is 2.30. The molecule has 0 N–H and O–H groups in total. The Kier molecular flexibility index (Phi) is 10.7. The molecular weight excluding hydrogens is 580 g/mol. The fourth-order valence-electron chi connectivity index (χ4n) is 3.31. The molecule has 0 aromatic heterocycles. The molecule has 0 saturated heterocycles. The summed E-state index contributed by atoms with van der Waals surface area (Å²) < 4.78 is 109. The topological polar surface area (TPSA) is 46.6 Å². The normalized spacial score (nSPS) is 11.3. The van der Waals surface area contributed by atoms with Crippen LogP contribution in [0.15, 0.2) is 77.7 Å². The van der Waals surface area contributed by atoms with Crippen molar-refractivity contribution in [3.63, 3.8) is 0 Å². The van der Waals surface area contributed by atoms with Gasteiger partial charge in [-0.2, -0.15) is 26.3 Å². The number of alkyl halides is 6. The summed E-state index contributed by atoms with van der Waals surface area (Å²) in [5.41, 5.74) is 0.113. The van der Waals surface area contributed by atoms with Crippen molar-refractivity contribution in [3.05, 3.63) is 101 Å². The third kappa shape index (κ3) is 9.62. The zero-order chi connectivity index (χ0) is 30.8. The van der Waals surface area contributed by atoms with Gasteiger partial charge in [0.2, 0.25) is 0 Å². The number of sulfonamides is 1. The van der Waals surface area contributed by atoms with Crippen molar-refractivity contribution in [1.82, 2.24) is 4.31 Å². The summed E-state index contributed by atoms with van der Waals surface area (Å²) in [6, 6.07) is 17.4. The maximum Gasteiger partial charge on any atom is 0.416 e. The number of aryl methyl sites for hydroxylation is 1.